The van der Waals surface area contributed by atoms with E-state index < -0.39 is 83.6 Å². The molecule has 0 amide bonds. The predicted octanol–water partition coefficient (Wildman–Crippen LogP) is 13.8. The van der Waals surface area contributed by atoms with Crippen LogP contribution in [0.5, 0.6) is 0 Å². The van der Waals surface area contributed by atoms with Crippen molar-refractivity contribution < 1.29 is 278 Å². The molecular weight excluding hydrogens is 2610 g/mol. The number of hydrogen-bond acceptors (Lipinski definition) is 26. The summed E-state index contributed by atoms with van der Waals surface area (Å²) in [6.07, 6.45) is 4.71. The van der Waals surface area contributed by atoms with Gasteiger partial charge in [0.2, 0.25) is 0 Å². The van der Waals surface area contributed by atoms with Crippen LogP contribution in [-0.4, -0.2) is 211 Å². The van der Waals surface area contributed by atoms with Crippen LogP contribution < -0.4 is 18.9 Å². The number of aromatic amines is 1. The summed E-state index contributed by atoms with van der Waals surface area (Å²) in [7, 11) is 0. The number of ether oxygens (including phenoxy) is 17. The van der Waals surface area contributed by atoms with E-state index >= 15 is 0 Å². The predicted molar refractivity (Wildman–Crippen MR) is 478 cm³/mol. The van der Waals surface area contributed by atoms with Gasteiger partial charge in [0, 0.05) is 155 Å². The third-order valence-electron chi connectivity index (χ3n) is 19.0. The van der Waals surface area contributed by atoms with Gasteiger partial charge in [-0.15, -0.1) is 0 Å². The summed E-state index contributed by atoms with van der Waals surface area (Å²) in [6.45, 7) is 51.0. The first-order valence-corrected chi connectivity index (χ1v) is 42.1. The minimum Gasteiger partial charge on any atom is -0.461 e. The van der Waals surface area contributed by atoms with Crippen molar-refractivity contribution in [1.29, 1.82) is 0 Å². The van der Waals surface area contributed by atoms with Gasteiger partial charge >= 0.3 is 24.8 Å². The number of aldehydes is 1. The van der Waals surface area contributed by atoms with Crippen molar-refractivity contribution >= 4 is 23.3 Å². The molecule has 719 valence electrons. The third-order valence-corrected chi connectivity index (χ3v) is 19.0. The van der Waals surface area contributed by atoms with Crippen molar-refractivity contribution in [2.75, 3.05) is 19.8 Å². The summed E-state index contributed by atoms with van der Waals surface area (Å²) in [5.41, 5.74) is 9.22. The zero-order valence-corrected chi connectivity index (χ0v) is 98.2. The molecule has 1 radical (unpaired) electrons. The normalized spacial score (nSPS) is 28.0. The second-order valence-corrected chi connectivity index (χ2v) is 35.9. The first kappa shape index (κ1) is 131. The molecule has 0 bridgehead atoms. The summed E-state index contributed by atoms with van der Waals surface area (Å²) in [6, 6.07) is 43.4. The maximum atomic E-state index is 10.9. The quantitative estimate of drug-likeness (QED) is 0.0231. The number of rotatable bonds is 11. The van der Waals surface area contributed by atoms with E-state index in [0.717, 1.165) is 62.3 Å². The molecule has 6 N–H and O–H groups in total. The summed E-state index contributed by atoms with van der Waals surface area (Å²) < 4.78 is 93.5. The smallest absolute Gasteiger partial charge is 0.461 e. The minimum absolute atomic E-state index is 0. The number of H-pyrrole nitrogens is 1. The van der Waals surface area contributed by atoms with Crippen molar-refractivity contribution in [2.24, 2.45) is 5.92 Å². The fourth-order valence-electron chi connectivity index (χ4n) is 14.3. The van der Waals surface area contributed by atoms with Crippen LogP contribution in [0.2, 0.25) is 0 Å². The van der Waals surface area contributed by atoms with Gasteiger partial charge in [0.15, 0.2) is 65.5 Å². The Bertz CT molecular complexity index is 4190. The molecule has 12 heterocycles. The van der Waals surface area contributed by atoms with Gasteiger partial charge in [0.1, 0.15) is 116 Å². The second kappa shape index (κ2) is 60.4. The SMILES string of the molecule is C.C.CC(C)=CC1OC(C)(C)O[C@@H]1C=O.CC(C)=CC1OC(C)(C)O[C@@H]1CO.CC(C)=CC1OC(C)(C)O[C@@H]1[C@@H](O)c1ccccc1.CC(C)=CC1OC(C)(C)O[C@@H]1[C@H](O)c1ccccc1.CC(C)C.CC1(C)OC2C(=O)OC[C@H]2O1.CC1(C)OC2C(O)OC[C@H]2O1.CC1(C)OC2[C@H](O)O[C@@H](c3ccccc3)[C@H]2O1.Cc1ncnc2[nH]ccc12.[Li+].[U].[U].[U].[U].[V].[c-]1ccccc1. The molecule has 10 aliphatic rings. The number of nitrogens with zero attached hydrogens (tertiary/aromatic N) is 2. The van der Waals surface area contributed by atoms with E-state index in [2.05, 4.69) is 41.8 Å². The molecule has 16 rings (SSSR count). The molecule has 6 aromatic rings. The van der Waals surface area contributed by atoms with Crippen LogP contribution in [-0.2, 0) is 109 Å². The molecule has 0 spiro atoms. The van der Waals surface area contributed by atoms with Gasteiger partial charge in [0.25, 0.3) is 0 Å². The number of aromatic nitrogens is 3. The van der Waals surface area contributed by atoms with Crippen molar-refractivity contribution in [3.8, 4) is 0 Å². The molecule has 33 heteroatoms. The zero-order chi connectivity index (χ0) is 91.2. The van der Waals surface area contributed by atoms with E-state index in [4.69, 9.17) is 85.6 Å². The van der Waals surface area contributed by atoms with Crippen LogP contribution in [0, 0.1) is 143 Å². The maximum Gasteiger partial charge on any atom is 1.00 e. The van der Waals surface area contributed by atoms with Crippen LogP contribution in [0.1, 0.15) is 229 Å². The number of cyclic esters (lactones) is 1. The number of carbonyl (C=O) groups excluding carboxylic acids is 2. The average molecular weight is 2760 g/mol. The van der Waals surface area contributed by atoms with Gasteiger partial charge in [-0.2, -0.15) is 36.4 Å². The molecule has 10 saturated heterocycles. The zero-order valence-electron chi connectivity index (χ0n) is 80.2. The number of aliphatic hydroxyl groups is 5. The Hall–Kier alpha value is -1.85. The monoisotopic (exact) mass is 2760 g/mol. The molecule has 8 unspecified atom stereocenters. The van der Waals surface area contributed by atoms with Crippen LogP contribution in [0.15, 0.2) is 187 Å². The Kier molecular flexibility index (Phi) is 60.5. The third kappa shape index (κ3) is 43.6. The van der Waals surface area contributed by atoms with Gasteiger partial charge in [0.05, 0.1) is 18.9 Å². The molecule has 0 saturated carbocycles. The number of hydrogen-bond donors (Lipinski definition) is 6. The first-order chi connectivity index (χ1) is 57.5. The topological polar surface area (TPSA) is 334 Å². The van der Waals surface area contributed by atoms with Crippen LogP contribution in [0.25, 0.3) is 11.0 Å². The second-order valence-electron chi connectivity index (χ2n) is 35.9. The van der Waals surface area contributed by atoms with Gasteiger partial charge in [-0.05, 0) is 188 Å². The molecule has 10 fully saturated rings. The van der Waals surface area contributed by atoms with Crippen molar-refractivity contribution in [2.45, 2.75) is 352 Å². The summed E-state index contributed by atoms with van der Waals surface area (Å²) >= 11 is 0. The summed E-state index contributed by atoms with van der Waals surface area (Å²) in [5, 5.41) is 50.2. The largest absolute Gasteiger partial charge is 1.00 e. The molecule has 4 aromatic carbocycles. The molecular formula is C98H146LiN3O24U4V. The molecule has 10 aliphatic heterocycles. The van der Waals surface area contributed by atoms with Crippen molar-refractivity contribution in [1.82, 2.24) is 15.0 Å². The number of allylic oxidation sites excluding steroid dienone is 4. The van der Waals surface area contributed by atoms with Crippen molar-refractivity contribution in [3.05, 3.63) is 215 Å². The van der Waals surface area contributed by atoms with Crippen LogP contribution >= 0.6 is 0 Å². The van der Waals surface area contributed by atoms with Gasteiger partial charge in [-0.25, -0.2) is 14.8 Å². The number of fused-ring (bicyclic) bond motifs is 4. The fraction of sp³-hybridized carbons (Fsp3) is 0.592. The number of benzene rings is 4. The molecule has 19 atom stereocenters. The number of aryl methyl sites for hydroxylation is 1. The van der Waals surface area contributed by atoms with Crippen LogP contribution in [0.3, 0.4) is 0 Å². The van der Waals surface area contributed by atoms with Gasteiger partial charge < -0.3 is 116 Å². The molecule has 2 aromatic heterocycles. The average Bonchev–Trinajstić information content (AvgIpc) is 1.61. The van der Waals surface area contributed by atoms with E-state index in [1.165, 1.54) is 5.57 Å². The van der Waals surface area contributed by atoms with E-state index in [1.54, 1.807) is 20.2 Å². The Morgan fingerprint density at radius 3 is 1.30 bits per heavy atom. The molecule has 27 nitrogen and oxygen atoms in total. The number of carbonyl (C=O) groups is 2. The minimum atomic E-state index is -0.924. The van der Waals surface area contributed by atoms with E-state index in [1.807, 2.05) is 303 Å². The Morgan fingerprint density at radius 1 is 0.473 bits per heavy atom. The van der Waals surface area contributed by atoms with E-state index in [9.17, 15) is 30.0 Å². The fourth-order valence-corrected chi connectivity index (χ4v) is 14.3. The summed E-state index contributed by atoms with van der Waals surface area (Å²) in [5.74, 6) is -3.90. The maximum absolute atomic E-state index is 10.9. The Labute approximate surface area is 898 Å². The number of aliphatic hydroxyl groups excluding tert-OH is 5. The van der Waals surface area contributed by atoms with Gasteiger partial charge in [-0.3, -0.25) is 0 Å². The van der Waals surface area contributed by atoms with E-state index in [0.29, 0.717) is 13.2 Å². The first-order valence-electron chi connectivity index (χ1n) is 42.1. The molecule has 0 aliphatic carbocycles. The Morgan fingerprint density at radius 2 is 0.863 bits per heavy atom. The van der Waals surface area contributed by atoms with E-state index in [-0.39, 0.29) is 263 Å². The molecule has 131 heavy (non-hydrogen) atoms. The van der Waals surface area contributed by atoms with Crippen molar-refractivity contribution in [3.63, 3.8) is 0 Å². The van der Waals surface area contributed by atoms with Crippen LogP contribution in [0.4, 0.5) is 0 Å². The van der Waals surface area contributed by atoms with Gasteiger partial charge in [-0.1, -0.05) is 173 Å². The standard InChI is InChI=1S/2C16H22O3.C13H16O4.C10H18O3.C10H16O3.C7H7N3.C7H12O4.C7H10O4.C6H5.C4H10.2CH4.Li.4U.V/c2*1-11(2)10-13-15(19-16(3,4)18-13)14(17)12-8-6-5-7-9-12;1-13(2)16-10-9(8-6-4-3-5-7-8)15-12(14)11(10)17-13;2*1-7(2)5-8-9(6-11)13-10(3,4)12-8;1-5-6-2-3-8-7(6)10-4-9-5;2*1-7(2)10-4-3-9-6(8)5(4)11-7;1-2-4-6-5-3-1;1-4(2)3;;;;;;;;/h2*5-10,13-15,17H,1-4H3;3-7,9-12,14H,1-2H3;5,8-9,11H,6H2,1-4H3;5-6,8-9H,1-4H3;2-4H,1H3,(H,8,9,10);4-6,8H,3H2,1-2H3;4-5H,3H2,1-2H3;1-5H;4H,1-3H3;2*1H4;;;;;;/q;;;;;;;;-1;;;;+1;;;;;/t13?,14-,15+;13?,14-,15-;9-,10+,11?,12+;2*8?,9-;;4-,5?,6?;4-,5?;;;;;;;;;;/m10011.11........../s1. The summed E-state index contributed by atoms with van der Waals surface area (Å²) in [4.78, 5) is 32.7. The number of esters is 1. The number of nitrogens with one attached hydrogen (secondary N) is 1. The Balaban J connectivity index is 0.